The van der Waals surface area contributed by atoms with E-state index in [4.69, 9.17) is 4.74 Å². The summed E-state index contributed by atoms with van der Waals surface area (Å²) < 4.78 is 4.99. The van der Waals surface area contributed by atoms with Gasteiger partial charge in [0.2, 0.25) is 0 Å². The van der Waals surface area contributed by atoms with Crippen molar-refractivity contribution in [3.8, 4) is 0 Å². The van der Waals surface area contributed by atoms with Crippen LogP contribution in [-0.2, 0) is 9.53 Å². The van der Waals surface area contributed by atoms with E-state index in [1.165, 1.54) is 0 Å². The summed E-state index contributed by atoms with van der Waals surface area (Å²) in [6.45, 7) is 5.99. The van der Waals surface area contributed by atoms with Crippen LogP contribution < -0.4 is 0 Å². The molecule has 0 amide bonds. The molecular weight excluding hydrogens is 152 g/mol. The highest BCUT2D eigenvalue weighted by molar-refractivity contribution is 5.79. The molecule has 0 aliphatic heterocycles. The minimum atomic E-state index is -0.121. The van der Waals surface area contributed by atoms with Crippen molar-refractivity contribution in [2.45, 2.75) is 32.6 Å². The Morgan fingerprint density at radius 3 is 2.75 bits per heavy atom. The third kappa shape index (κ3) is 1.87. The van der Waals surface area contributed by atoms with Crippen LogP contribution in [-0.4, -0.2) is 12.6 Å². The molecule has 2 nitrogen and oxygen atoms in total. The first-order chi connectivity index (χ1) is 5.75. The van der Waals surface area contributed by atoms with Crippen LogP contribution in [0, 0.1) is 5.41 Å². The van der Waals surface area contributed by atoms with Gasteiger partial charge in [0.05, 0.1) is 12.0 Å². The van der Waals surface area contributed by atoms with Crippen molar-refractivity contribution in [2.24, 2.45) is 5.41 Å². The van der Waals surface area contributed by atoms with E-state index in [-0.39, 0.29) is 11.4 Å². The van der Waals surface area contributed by atoms with Crippen molar-refractivity contribution >= 4 is 5.97 Å². The average Bonchev–Trinajstić information content (AvgIpc) is 2.82. The zero-order valence-electron chi connectivity index (χ0n) is 7.64. The van der Waals surface area contributed by atoms with Gasteiger partial charge < -0.3 is 4.74 Å². The quantitative estimate of drug-likeness (QED) is 0.465. The molecule has 0 unspecified atom stereocenters. The van der Waals surface area contributed by atoms with Crippen LogP contribution >= 0.6 is 0 Å². The fourth-order valence-electron chi connectivity index (χ4n) is 1.37. The summed E-state index contributed by atoms with van der Waals surface area (Å²) in [6, 6.07) is 0. The fraction of sp³-hybridized carbons (Fsp3) is 0.700. The second-order valence-corrected chi connectivity index (χ2v) is 3.33. The second kappa shape index (κ2) is 3.74. The maximum atomic E-state index is 11.4. The van der Waals surface area contributed by atoms with Crippen LogP contribution in [0.4, 0.5) is 0 Å². The minimum Gasteiger partial charge on any atom is -0.466 e. The van der Waals surface area contributed by atoms with Gasteiger partial charge in [-0.2, -0.15) is 0 Å². The van der Waals surface area contributed by atoms with E-state index in [0.29, 0.717) is 6.61 Å². The molecule has 0 N–H and O–H groups in total. The number of esters is 1. The predicted octanol–water partition coefficient (Wildman–Crippen LogP) is 2.30. The number of carbonyl (C=O) groups is 1. The summed E-state index contributed by atoms with van der Waals surface area (Å²) in [5.74, 6) is -0.00755. The monoisotopic (exact) mass is 168 g/mol. The number of rotatable bonds is 5. The van der Waals surface area contributed by atoms with Gasteiger partial charge in [-0.25, -0.2) is 0 Å². The maximum Gasteiger partial charge on any atom is 0.312 e. The van der Waals surface area contributed by atoms with Crippen LogP contribution in [0.25, 0.3) is 0 Å². The molecule has 1 fully saturated rings. The van der Waals surface area contributed by atoms with E-state index in [0.717, 1.165) is 25.7 Å². The van der Waals surface area contributed by atoms with Gasteiger partial charge in [0, 0.05) is 0 Å². The van der Waals surface area contributed by atoms with Gasteiger partial charge in [-0.15, -0.1) is 6.58 Å². The fourth-order valence-corrected chi connectivity index (χ4v) is 1.37. The number of ether oxygens (including phenoxy) is 1. The molecule has 0 atom stereocenters. The molecule has 1 rings (SSSR count). The Morgan fingerprint density at radius 1 is 1.67 bits per heavy atom. The summed E-state index contributed by atoms with van der Waals surface area (Å²) in [5, 5.41) is 0. The molecule has 0 bridgehead atoms. The molecular formula is C10H16O2. The number of carbonyl (C=O) groups excluding carboxylic acids is 1. The lowest BCUT2D eigenvalue weighted by Gasteiger charge is -2.11. The Morgan fingerprint density at radius 2 is 2.33 bits per heavy atom. The molecule has 68 valence electrons. The Balaban J connectivity index is 2.37. The summed E-state index contributed by atoms with van der Waals surface area (Å²) in [6.07, 6.45) is 5.69. The largest absolute Gasteiger partial charge is 0.466 e. The van der Waals surface area contributed by atoms with Crippen LogP contribution in [0.5, 0.6) is 0 Å². The molecule has 1 aliphatic rings. The lowest BCUT2D eigenvalue weighted by Crippen LogP contribution is -2.18. The summed E-state index contributed by atoms with van der Waals surface area (Å²) in [5.41, 5.74) is -0.121. The Kier molecular flexibility index (Phi) is 2.90. The molecule has 0 radical (unpaired) electrons. The first kappa shape index (κ1) is 9.30. The Labute approximate surface area is 73.6 Å². The zero-order chi connectivity index (χ0) is 9.03. The summed E-state index contributed by atoms with van der Waals surface area (Å²) >= 11 is 0. The van der Waals surface area contributed by atoms with E-state index >= 15 is 0 Å². The molecule has 12 heavy (non-hydrogen) atoms. The van der Waals surface area contributed by atoms with Crippen LogP contribution in [0.1, 0.15) is 32.6 Å². The smallest absolute Gasteiger partial charge is 0.312 e. The molecule has 0 saturated heterocycles. The molecule has 0 spiro atoms. The third-order valence-electron chi connectivity index (χ3n) is 2.39. The normalized spacial score (nSPS) is 18.4. The SMILES string of the molecule is C=CCCC1(C(=O)OCC)CC1. The van der Waals surface area contributed by atoms with E-state index in [1.807, 2.05) is 13.0 Å². The molecule has 1 saturated carbocycles. The average molecular weight is 168 g/mol. The van der Waals surface area contributed by atoms with Crippen molar-refractivity contribution < 1.29 is 9.53 Å². The van der Waals surface area contributed by atoms with E-state index in [2.05, 4.69) is 6.58 Å². The van der Waals surface area contributed by atoms with Gasteiger partial charge in [0.15, 0.2) is 0 Å². The molecule has 0 heterocycles. The molecule has 0 aromatic rings. The number of hydrogen-bond acceptors (Lipinski definition) is 2. The first-order valence-corrected chi connectivity index (χ1v) is 4.53. The number of hydrogen-bond donors (Lipinski definition) is 0. The lowest BCUT2D eigenvalue weighted by atomic mass is 10.0. The van der Waals surface area contributed by atoms with E-state index in [9.17, 15) is 4.79 Å². The minimum absolute atomic E-state index is 0.00755. The van der Waals surface area contributed by atoms with Gasteiger partial charge in [-0.3, -0.25) is 4.79 Å². The van der Waals surface area contributed by atoms with E-state index in [1.54, 1.807) is 0 Å². The maximum absolute atomic E-state index is 11.4. The van der Waals surface area contributed by atoms with Crippen LogP contribution in [0.15, 0.2) is 12.7 Å². The van der Waals surface area contributed by atoms with Crippen molar-refractivity contribution in [3.05, 3.63) is 12.7 Å². The van der Waals surface area contributed by atoms with E-state index < -0.39 is 0 Å². The highest BCUT2D eigenvalue weighted by atomic mass is 16.5. The zero-order valence-corrected chi connectivity index (χ0v) is 7.64. The Bertz CT molecular complexity index is 180. The van der Waals surface area contributed by atoms with Gasteiger partial charge >= 0.3 is 5.97 Å². The van der Waals surface area contributed by atoms with Gasteiger partial charge in [-0.1, -0.05) is 6.08 Å². The highest BCUT2D eigenvalue weighted by Crippen LogP contribution is 2.50. The predicted molar refractivity (Wildman–Crippen MR) is 47.7 cm³/mol. The summed E-state index contributed by atoms with van der Waals surface area (Å²) in [4.78, 5) is 11.4. The van der Waals surface area contributed by atoms with Crippen molar-refractivity contribution in [3.63, 3.8) is 0 Å². The van der Waals surface area contributed by atoms with Gasteiger partial charge in [0.1, 0.15) is 0 Å². The van der Waals surface area contributed by atoms with Crippen molar-refractivity contribution in [2.75, 3.05) is 6.61 Å². The van der Waals surface area contributed by atoms with Crippen LogP contribution in [0.3, 0.4) is 0 Å². The van der Waals surface area contributed by atoms with Crippen molar-refractivity contribution in [1.29, 1.82) is 0 Å². The van der Waals surface area contributed by atoms with Crippen molar-refractivity contribution in [1.82, 2.24) is 0 Å². The first-order valence-electron chi connectivity index (χ1n) is 4.53. The topological polar surface area (TPSA) is 26.3 Å². The Hall–Kier alpha value is -0.790. The summed E-state index contributed by atoms with van der Waals surface area (Å²) in [7, 11) is 0. The van der Waals surface area contributed by atoms with Crippen LogP contribution in [0.2, 0.25) is 0 Å². The highest BCUT2D eigenvalue weighted by Gasteiger charge is 2.50. The number of allylic oxidation sites excluding steroid dienone is 1. The second-order valence-electron chi connectivity index (χ2n) is 3.33. The van der Waals surface area contributed by atoms with Gasteiger partial charge in [0.25, 0.3) is 0 Å². The molecule has 2 heteroatoms. The standard InChI is InChI=1S/C10H16O2/c1-3-5-6-10(7-8-10)9(11)12-4-2/h3H,1,4-8H2,2H3. The molecule has 0 aromatic carbocycles. The molecule has 0 aromatic heterocycles. The third-order valence-corrected chi connectivity index (χ3v) is 2.39. The van der Waals surface area contributed by atoms with Gasteiger partial charge in [-0.05, 0) is 32.6 Å². The lowest BCUT2D eigenvalue weighted by molar-refractivity contribution is -0.149. The molecule has 1 aliphatic carbocycles.